The van der Waals surface area contributed by atoms with Crippen LogP contribution in [0.15, 0.2) is 156 Å². The second kappa shape index (κ2) is 9.55. The summed E-state index contributed by atoms with van der Waals surface area (Å²) < 4.78 is 6.14. The Balaban J connectivity index is 1.18. The first-order chi connectivity index (χ1) is 22.1. The fourth-order valence-electron chi connectivity index (χ4n) is 8.38. The Hall–Kier alpha value is -5.40. The van der Waals surface area contributed by atoms with Crippen molar-refractivity contribution in [2.24, 2.45) is 0 Å². The van der Waals surface area contributed by atoms with Crippen LogP contribution in [0.4, 0.5) is 0 Å². The lowest BCUT2D eigenvalue weighted by molar-refractivity contribution is 0.669. The molecule has 214 valence electrons. The van der Waals surface area contributed by atoms with Gasteiger partial charge in [0.25, 0.3) is 0 Å². The SMILES string of the molecule is C=CC1=C(C=C)C2(C3=C(CCC=C3)c3ccccc32)c2cc(-c3ccc(-c4ccc5oc6cccc(C)c6c5c4)cc3)ccc21. The maximum Gasteiger partial charge on any atom is 0.135 e. The molecule has 1 nitrogen and oxygen atoms in total. The lowest BCUT2D eigenvalue weighted by atomic mass is 9.68. The van der Waals surface area contributed by atoms with E-state index in [1.54, 1.807) is 0 Å². The summed E-state index contributed by atoms with van der Waals surface area (Å²) in [6.45, 7) is 10.8. The summed E-state index contributed by atoms with van der Waals surface area (Å²) in [4.78, 5) is 0. The van der Waals surface area contributed by atoms with Crippen molar-refractivity contribution in [1.82, 2.24) is 0 Å². The Morgan fingerprint density at radius 3 is 2.24 bits per heavy atom. The highest BCUT2D eigenvalue weighted by atomic mass is 16.3. The molecule has 3 aliphatic carbocycles. The van der Waals surface area contributed by atoms with Crippen molar-refractivity contribution in [1.29, 1.82) is 0 Å². The smallest absolute Gasteiger partial charge is 0.135 e. The molecule has 1 heteroatoms. The Morgan fingerprint density at radius 2 is 1.44 bits per heavy atom. The lowest BCUT2D eigenvalue weighted by Gasteiger charge is -2.33. The van der Waals surface area contributed by atoms with Crippen molar-refractivity contribution in [3.8, 4) is 22.3 Å². The van der Waals surface area contributed by atoms with Crippen LogP contribution in [0.5, 0.6) is 0 Å². The number of rotatable bonds is 4. The van der Waals surface area contributed by atoms with Crippen LogP contribution in [-0.2, 0) is 5.41 Å². The Kier molecular flexibility index (Phi) is 5.53. The highest BCUT2D eigenvalue weighted by molar-refractivity contribution is 6.08. The molecule has 0 saturated heterocycles. The van der Waals surface area contributed by atoms with E-state index in [0.29, 0.717) is 0 Å². The van der Waals surface area contributed by atoms with Crippen molar-refractivity contribution in [2.45, 2.75) is 25.2 Å². The van der Waals surface area contributed by atoms with Gasteiger partial charge in [-0.3, -0.25) is 0 Å². The van der Waals surface area contributed by atoms with Gasteiger partial charge in [-0.25, -0.2) is 0 Å². The molecule has 45 heavy (non-hydrogen) atoms. The Labute approximate surface area is 263 Å². The molecule has 0 N–H and O–H groups in total. The fraction of sp³-hybridized carbons (Fsp3) is 0.0909. The van der Waals surface area contributed by atoms with Gasteiger partial charge in [-0.15, -0.1) is 0 Å². The molecular weight excluding hydrogens is 544 g/mol. The second-order valence-corrected chi connectivity index (χ2v) is 12.5. The predicted molar refractivity (Wildman–Crippen MR) is 189 cm³/mol. The highest BCUT2D eigenvalue weighted by Crippen LogP contribution is 2.63. The van der Waals surface area contributed by atoms with Crippen molar-refractivity contribution < 1.29 is 4.42 Å². The van der Waals surface area contributed by atoms with E-state index in [9.17, 15) is 0 Å². The van der Waals surface area contributed by atoms with Crippen LogP contribution >= 0.6 is 0 Å². The number of aryl methyl sites for hydroxylation is 1. The molecule has 0 fully saturated rings. The van der Waals surface area contributed by atoms with Crippen molar-refractivity contribution in [3.63, 3.8) is 0 Å². The number of fused-ring (bicyclic) bond motifs is 9. The summed E-state index contributed by atoms with van der Waals surface area (Å²) in [5.74, 6) is 0. The average Bonchev–Trinajstić information content (AvgIpc) is 3.71. The monoisotopic (exact) mass is 576 g/mol. The molecule has 5 aromatic carbocycles. The zero-order valence-corrected chi connectivity index (χ0v) is 25.4. The van der Waals surface area contributed by atoms with Gasteiger partial charge in [0.2, 0.25) is 0 Å². The van der Waals surface area contributed by atoms with Crippen molar-refractivity contribution >= 4 is 33.1 Å². The van der Waals surface area contributed by atoms with E-state index in [1.807, 2.05) is 6.08 Å². The molecule has 1 unspecified atom stereocenters. The first kappa shape index (κ1) is 26.0. The topological polar surface area (TPSA) is 13.1 Å². The molecule has 0 aliphatic heterocycles. The Morgan fingerprint density at radius 1 is 0.689 bits per heavy atom. The lowest BCUT2D eigenvalue weighted by Crippen LogP contribution is -2.28. The number of hydrogen-bond donors (Lipinski definition) is 0. The maximum atomic E-state index is 6.14. The fourth-order valence-corrected chi connectivity index (χ4v) is 8.38. The van der Waals surface area contributed by atoms with Gasteiger partial charge in [0.1, 0.15) is 11.2 Å². The average molecular weight is 577 g/mol. The van der Waals surface area contributed by atoms with Gasteiger partial charge in [-0.2, -0.15) is 0 Å². The molecular formula is C44H32O. The molecule has 0 radical (unpaired) electrons. The highest BCUT2D eigenvalue weighted by Gasteiger charge is 2.52. The van der Waals surface area contributed by atoms with E-state index in [4.69, 9.17) is 4.42 Å². The number of benzene rings is 5. The van der Waals surface area contributed by atoms with E-state index in [2.05, 4.69) is 141 Å². The van der Waals surface area contributed by atoms with Crippen LogP contribution < -0.4 is 0 Å². The largest absolute Gasteiger partial charge is 0.456 e. The third-order valence-electron chi connectivity index (χ3n) is 10.3. The summed E-state index contributed by atoms with van der Waals surface area (Å²) in [6, 6.07) is 37.7. The van der Waals surface area contributed by atoms with Crippen LogP contribution in [0.3, 0.4) is 0 Å². The molecule has 0 saturated carbocycles. The zero-order valence-electron chi connectivity index (χ0n) is 25.4. The van der Waals surface area contributed by atoms with E-state index < -0.39 is 0 Å². The van der Waals surface area contributed by atoms with Gasteiger partial charge in [-0.05, 0) is 116 Å². The number of hydrogen-bond acceptors (Lipinski definition) is 1. The minimum absolute atomic E-state index is 0.375. The third-order valence-corrected chi connectivity index (χ3v) is 10.3. The van der Waals surface area contributed by atoms with Crippen LogP contribution in [0.2, 0.25) is 0 Å². The van der Waals surface area contributed by atoms with Crippen molar-refractivity contribution in [3.05, 3.63) is 180 Å². The summed E-state index contributed by atoms with van der Waals surface area (Å²) in [7, 11) is 0. The zero-order chi connectivity index (χ0) is 30.3. The van der Waals surface area contributed by atoms with E-state index in [-0.39, 0.29) is 5.41 Å². The molecule has 0 bridgehead atoms. The summed E-state index contributed by atoms with van der Waals surface area (Å²) in [5, 5.41) is 2.36. The van der Waals surface area contributed by atoms with Crippen molar-refractivity contribution in [2.75, 3.05) is 0 Å². The molecule has 1 spiro atoms. The molecule has 0 amide bonds. The van der Waals surface area contributed by atoms with Crippen LogP contribution in [0, 0.1) is 6.92 Å². The first-order valence-electron chi connectivity index (χ1n) is 15.8. The van der Waals surface area contributed by atoms with Gasteiger partial charge in [0, 0.05) is 10.8 Å². The molecule has 9 rings (SSSR count). The van der Waals surface area contributed by atoms with Crippen LogP contribution in [0.1, 0.15) is 40.7 Å². The summed E-state index contributed by atoms with van der Waals surface area (Å²) in [5.41, 5.74) is 18.1. The molecule has 1 aromatic heterocycles. The third kappa shape index (κ3) is 3.44. The first-order valence-corrected chi connectivity index (χ1v) is 15.8. The molecule has 3 aliphatic rings. The number of allylic oxidation sites excluding steroid dienone is 8. The second-order valence-electron chi connectivity index (χ2n) is 12.5. The normalized spacial score (nSPS) is 18.2. The standard InChI is InChI=1S/C44H32O/c1-4-32-35-23-21-31(26-40(35)44(37(32)5-2)38-14-8-6-12-33(38)34-13-7-9-15-39(34)44)29-19-17-28(18-20-29)30-22-24-41-36(25-30)43-27(3)11-10-16-42(43)45-41/h4-6,8-12,14-26H,1-2,7,13H2,3H3. The van der Waals surface area contributed by atoms with Gasteiger partial charge in [0.05, 0.1) is 5.41 Å². The summed E-state index contributed by atoms with van der Waals surface area (Å²) >= 11 is 0. The Bertz CT molecular complexity index is 2350. The minimum atomic E-state index is -0.375. The quantitative estimate of drug-likeness (QED) is 0.203. The van der Waals surface area contributed by atoms with Gasteiger partial charge < -0.3 is 4.42 Å². The predicted octanol–water partition coefficient (Wildman–Crippen LogP) is 11.8. The molecule has 1 heterocycles. The number of furan rings is 1. The summed E-state index contributed by atoms with van der Waals surface area (Å²) in [6.07, 6.45) is 11.0. The van der Waals surface area contributed by atoms with Gasteiger partial charge in [0.15, 0.2) is 0 Å². The van der Waals surface area contributed by atoms with Gasteiger partial charge in [-0.1, -0.05) is 116 Å². The van der Waals surface area contributed by atoms with E-state index in [1.165, 1.54) is 83.1 Å². The van der Waals surface area contributed by atoms with E-state index >= 15 is 0 Å². The minimum Gasteiger partial charge on any atom is -0.456 e. The molecule has 1 atom stereocenters. The van der Waals surface area contributed by atoms with Gasteiger partial charge >= 0.3 is 0 Å². The maximum absolute atomic E-state index is 6.14. The van der Waals surface area contributed by atoms with Crippen LogP contribution in [0.25, 0.3) is 55.3 Å². The molecule has 6 aromatic rings. The van der Waals surface area contributed by atoms with Crippen LogP contribution in [-0.4, -0.2) is 0 Å². The van der Waals surface area contributed by atoms with E-state index in [0.717, 1.165) is 24.0 Å².